The molecule has 0 aliphatic rings. The summed E-state index contributed by atoms with van der Waals surface area (Å²) < 4.78 is 7.50. The molecule has 1 heterocycles. The van der Waals surface area contributed by atoms with Crippen LogP contribution in [0.2, 0.25) is 30.1 Å². The van der Waals surface area contributed by atoms with E-state index in [0.29, 0.717) is 28.6 Å². The molecule has 0 bridgehead atoms. The lowest BCUT2D eigenvalue weighted by Crippen LogP contribution is -2.33. The number of amides is 1. The van der Waals surface area contributed by atoms with E-state index >= 15 is 0 Å². The number of halogens is 6. The second-order valence-corrected chi connectivity index (χ2v) is 15.1. The fourth-order valence-electron chi connectivity index (χ4n) is 4.93. The molecule has 7 nitrogen and oxygen atoms in total. The molecule has 4 rings (SSSR count). The molecular weight excluding hydrogens is 737 g/mol. The number of carbonyl (C=O) groups is 1. The third kappa shape index (κ3) is 7.93. The summed E-state index contributed by atoms with van der Waals surface area (Å²) >= 11 is 37.7. The molecular formula is C35H38Cl6N4O3. The van der Waals surface area contributed by atoms with Gasteiger partial charge in [-0.05, 0) is 59.9 Å². The molecule has 3 N–H and O–H groups in total. The van der Waals surface area contributed by atoms with Crippen LogP contribution in [0.25, 0.3) is 5.69 Å². The van der Waals surface area contributed by atoms with Gasteiger partial charge in [-0.15, -0.1) is 0 Å². The number of ether oxygens (including phenoxy) is 1. The predicted octanol–water partition coefficient (Wildman–Crippen LogP) is 12.0. The molecule has 258 valence electrons. The van der Waals surface area contributed by atoms with Gasteiger partial charge in [0.2, 0.25) is 0 Å². The standard InChI is InChI=1S/C35H38Cl6N4O3/c1-8-23(48-24-14-11-18(34(4,5)9-2)15-20(24)35(6,7)10-3)33(47)42-19-12-13-21(36)22(16-19)43-25-17-26(46)45(44-25)32-30(40)28(38)27(37)29(39)31(32)41/h11-17,23,43-44H,8-10H2,1-7H3,(H,42,47). The molecule has 13 heteroatoms. The zero-order valence-corrected chi connectivity index (χ0v) is 32.2. The van der Waals surface area contributed by atoms with Gasteiger partial charge in [-0.3, -0.25) is 14.7 Å². The largest absolute Gasteiger partial charge is 0.480 e. The molecule has 1 atom stereocenters. The van der Waals surface area contributed by atoms with E-state index in [-0.39, 0.29) is 53.4 Å². The van der Waals surface area contributed by atoms with Gasteiger partial charge in [0.25, 0.3) is 11.5 Å². The van der Waals surface area contributed by atoms with Gasteiger partial charge < -0.3 is 15.4 Å². The maximum atomic E-state index is 13.6. The molecule has 4 aromatic rings. The lowest BCUT2D eigenvalue weighted by molar-refractivity contribution is -0.122. The SMILES string of the molecule is CCC(Oc1ccc(C(C)(C)CC)cc1C(C)(C)CC)C(=O)Nc1ccc(Cl)c(Nc2cc(=O)n(-c3c(Cl)c(Cl)c(Cl)c(Cl)c3Cl)[nH]2)c1. The molecule has 0 spiro atoms. The molecule has 1 amide bonds. The van der Waals surface area contributed by atoms with Gasteiger partial charge in [-0.25, -0.2) is 4.68 Å². The summed E-state index contributed by atoms with van der Waals surface area (Å²) in [6.07, 6.45) is 1.58. The van der Waals surface area contributed by atoms with Crippen LogP contribution in [0.15, 0.2) is 47.3 Å². The number of hydrogen-bond donors (Lipinski definition) is 3. The zero-order chi connectivity index (χ0) is 35.7. The summed E-state index contributed by atoms with van der Waals surface area (Å²) in [4.78, 5) is 26.5. The van der Waals surface area contributed by atoms with Gasteiger partial charge in [0.15, 0.2) is 6.10 Å². The van der Waals surface area contributed by atoms with Gasteiger partial charge >= 0.3 is 0 Å². The van der Waals surface area contributed by atoms with E-state index in [0.717, 1.165) is 23.1 Å². The van der Waals surface area contributed by atoms with E-state index in [2.05, 4.69) is 69.4 Å². The highest BCUT2D eigenvalue weighted by Gasteiger charge is 2.29. The van der Waals surface area contributed by atoms with E-state index in [1.54, 1.807) is 18.2 Å². The van der Waals surface area contributed by atoms with Crippen molar-refractivity contribution in [2.75, 3.05) is 10.6 Å². The summed E-state index contributed by atoms with van der Waals surface area (Å²) in [7, 11) is 0. The maximum Gasteiger partial charge on any atom is 0.273 e. The molecule has 3 aromatic carbocycles. The van der Waals surface area contributed by atoms with Crippen LogP contribution >= 0.6 is 69.6 Å². The van der Waals surface area contributed by atoms with Crippen molar-refractivity contribution >= 4 is 92.7 Å². The number of aromatic amines is 1. The Labute approximate surface area is 311 Å². The van der Waals surface area contributed by atoms with Crippen molar-refractivity contribution in [3.05, 3.63) is 94.1 Å². The van der Waals surface area contributed by atoms with Crippen LogP contribution in [-0.4, -0.2) is 21.8 Å². The number of carbonyl (C=O) groups excluding carboxylic acids is 1. The Morgan fingerprint density at radius 1 is 0.833 bits per heavy atom. The van der Waals surface area contributed by atoms with Crippen LogP contribution in [0.4, 0.5) is 17.2 Å². The monoisotopic (exact) mass is 772 g/mol. The Balaban J connectivity index is 1.58. The number of anilines is 3. The van der Waals surface area contributed by atoms with Gasteiger partial charge in [0.05, 0.1) is 35.8 Å². The zero-order valence-electron chi connectivity index (χ0n) is 27.7. The average molecular weight is 775 g/mol. The van der Waals surface area contributed by atoms with Crippen LogP contribution in [0.5, 0.6) is 5.75 Å². The number of aromatic nitrogens is 2. The van der Waals surface area contributed by atoms with E-state index in [1.165, 1.54) is 11.6 Å². The first-order chi connectivity index (χ1) is 22.4. The number of nitrogens with one attached hydrogen (secondary N) is 3. The minimum absolute atomic E-state index is 0.00594. The Hall–Kier alpha value is -2.52. The molecule has 0 saturated carbocycles. The Bertz CT molecular complexity index is 1870. The second kappa shape index (κ2) is 15.2. The first kappa shape index (κ1) is 38.3. The molecule has 0 aliphatic heterocycles. The van der Waals surface area contributed by atoms with E-state index < -0.39 is 11.7 Å². The molecule has 0 radical (unpaired) electrons. The van der Waals surface area contributed by atoms with Crippen LogP contribution in [0.1, 0.15) is 78.9 Å². The minimum atomic E-state index is -0.758. The first-order valence-corrected chi connectivity index (χ1v) is 17.7. The third-order valence-electron chi connectivity index (χ3n) is 8.82. The van der Waals surface area contributed by atoms with Crippen LogP contribution in [0, 0.1) is 0 Å². The number of nitrogens with zero attached hydrogens (tertiary/aromatic N) is 1. The lowest BCUT2D eigenvalue weighted by atomic mass is 9.76. The Morgan fingerprint density at radius 2 is 1.44 bits per heavy atom. The van der Waals surface area contributed by atoms with Gasteiger partial charge in [-0.2, -0.15) is 0 Å². The van der Waals surface area contributed by atoms with Crippen molar-refractivity contribution in [3.8, 4) is 11.4 Å². The number of hydrogen-bond acceptors (Lipinski definition) is 4. The summed E-state index contributed by atoms with van der Waals surface area (Å²) in [6.45, 7) is 15.1. The minimum Gasteiger partial charge on any atom is -0.480 e. The van der Waals surface area contributed by atoms with Crippen molar-refractivity contribution in [1.82, 2.24) is 9.78 Å². The predicted molar refractivity (Wildman–Crippen MR) is 203 cm³/mol. The van der Waals surface area contributed by atoms with Gasteiger partial charge in [0.1, 0.15) is 17.3 Å². The highest BCUT2D eigenvalue weighted by Crippen LogP contribution is 2.45. The van der Waals surface area contributed by atoms with Crippen molar-refractivity contribution in [3.63, 3.8) is 0 Å². The van der Waals surface area contributed by atoms with Crippen molar-refractivity contribution < 1.29 is 9.53 Å². The molecule has 0 fully saturated rings. The summed E-state index contributed by atoms with van der Waals surface area (Å²) in [5.74, 6) is 0.620. The van der Waals surface area contributed by atoms with Crippen molar-refractivity contribution in [1.29, 1.82) is 0 Å². The van der Waals surface area contributed by atoms with Crippen LogP contribution < -0.4 is 20.9 Å². The fraction of sp³-hybridized carbons (Fsp3) is 0.371. The molecule has 0 saturated heterocycles. The van der Waals surface area contributed by atoms with Gasteiger partial charge in [0, 0.05) is 17.3 Å². The van der Waals surface area contributed by atoms with E-state index in [1.807, 2.05) is 13.0 Å². The smallest absolute Gasteiger partial charge is 0.273 e. The van der Waals surface area contributed by atoms with E-state index in [4.69, 9.17) is 74.3 Å². The summed E-state index contributed by atoms with van der Waals surface area (Å²) in [5.41, 5.74) is 2.53. The van der Waals surface area contributed by atoms with E-state index in [9.17, 15) is 9.59 Å². The summed E-state index contributed by atoms with van der Waals surface area (Å²) in [5, 5.41) is 8.96. The molecule has 1 aromatic heterocycles. The number of H-pyrrole nitrogens is 1. The lowest BCUT2D eigenvalue weighted by Gasteiger charge is -2.31. The highest BCUT2D eigenvalue weighted by atomic mass is 35.5. The molecule has 1 unspecified atom stereocenters. The van der Waals surface area contributed by atoms with Crippen LogP contribution in [0.3, 0.4) is 0 Å². The Morgan fingerprint density at radius 3 is 2.02 bits per heavy atom. The molecule has 48 heavy (non-hydrogen) atoms. The van der Waals surface area contributed by atoms with Crippen molar-refractivity contribution in [2.45, 2.75) is 84.7 Å². The maximum absolute atomic E-state index is 13.6. The first-order valence-electron chi connectivity index (χ1n) is 15.5. The van der Waals surface area contributed by atoms with Gasteiger partial charge in [-0.1, -0.05) is 130 Å². The quantitative estimate of drug-likeness (QED) is 0.0988. The number of benzene rings is 3. The second-order valence-electron chi connectivity index (χ2n) is 12.8. The summed E-state index contributed by atoms with van der Waals surface area (Å²) in [6, 6.07) is 12.5. The number of rotatable bonds is 12. The fourth-order valence-corrected chi connectivity index (χ4v) is 6.40. The van der Waals surface area contributed by atoms with Crippen LogP contribution in [-0.2, 0) is 15.6 Å². The topological polar surface area (TPSA) is 88.2 Å². The van der Waals surface area contributed by atoms with Crippen molar-refractivity contribution in [2.24, 2.45) is 0 Å². The highest BCUT2D eigenvalue weighted by molar-refractivity contribution is 6.56. The molecule has 0 aliphatic carbocycles. The third-order valence-corrected chi connectivity index (χ3v) is 11.4. The normalized spacial score (nSPS) is 12.6. The Kier molecular flexibility index (Phi) is 12.1. The average Bonchev–Trinajstić information content (AvgIpc) is 3.41.